The SMILES string of the molecule is CCCOc1ccc(C(=O)Nc2ccc(Oc3ccc(NC(=O)c4ccc(OCCC)cc4)cc3)cc2)cc1. The molecule has 4 aromatic rings. The Morgan fingerprint density at radius 2 is 0.846 bits per heavy atom. The normalized spacial score (nSPS) is 10.4. The van der Waals surface area contributed by atoms with Gasteiger partial charge in [0.25, 0.3) is 11.8 Å². The fourth-order valence-electron chi connectivity index (χ4n) is 3.60. The zero-order valence-corrected chi connectivity index (χ0v) is 22.1. The van der Waals surface area contributed by atoms with Crippen LogP contribution in [-0.4, -0.2) is 25.0 Å². The Hall–Kier alpha value is -4.78. The first-order chi connectivity index (χ1) is 19.0. The molecule has 7 nitrogen and oxygen atoms in total. The standard InChI is InChI=1S/C32H32N2O5/c1-3-21-37-27-13-5-23(6-14-27)31(35)33-25-9-17-29(18-10-25)39-30-19-11-26(12-20-30)34-32(36)24-7-15-28(16-8-24)38-22-4-2/h5-20H,3-4,21-22H2,1-2H3,(H,33,35)(H,34,36). The van der Waals surface area contributed by atoms with Gasteiger partial charge in [0.05, 0.1) is 13.2 Å². The fraction of sp³-hybridized carbons (Fsp3) is 0.188. The number of carbonyl (C=O) groups excluding carboxylic acids is 2. The highest BCUT2D eigenvalue weighted by Gasteiger charge is 2.09. The molecule has 0 spiro atoms. The van der Waals surface area contributed by atoms with Crippen molar-refractivity contribution in [3.05, 3.63) is 108 Å². The van der Waals surface area contributed by atoms with E-state index in [2.05, 4.69) is 10.6 Å². The minimum atomic E-state index is -0.205. The summed E-state index contributed by atoms with van der Waals surface area (Å²) in [6, 6.07) is 28.3. The summed E-state index contributed by atoms with van der Waals surface area (Å²) in [6.45, 7) is 5.38. The van der Waals surface area contributed by atoms with Crippen LogP contribution in [0.1, 0.15) is 47.4 Å². The number of rotatable bonds is 12. The van der Waals surface area contributed by atoms with E-state index in [1.165, 1.54) is 0 Å². The number of benzene rings is 4. The van der Waals surface area contributed by atoms with E-state index in [9.17, 15) is 9.59 Å². The predicted octanol–water partition coefficient (Wildman–Crippen LogP) is 7.56. The average molecular weight is 525 g/mol. The molecule has 39 heavy (non-hydrogen) atoms. The van der Waals surface area contributed by atoms with Crippen LogP contribution < -0.4 is 24.8 Å². The quantitative estimate of drug-likeness (QED) is 0.200. The molecule has 4 aromatic carbocycles. The molecule has 0 fully saturated rings. The van der Waals surface area contributed by atoms with Crippen LogP contribution in [0, 0.1) is 0 Å². The van der Waals surface area contributed by atoms with Gasteiger partial charge in [0.2, 0.25) is 0 Å². The number of hydrogen-bond acceptors (Lipinski definition) is 5. The maximum absolute atomic E-state index is 12.5. The number of ether oxygens (including phenoxy) is 3. The van der Waals surface area contributed by atoms with Gasteiger partial charge in [-0.05, 0) is 110 Å². The Morgan fingerprint density at radius 1 is 0.513 bits per heavy atom. The molecule has 0 aromatic heterocycles. The highest BCUT2D eigenvalue weighted by molar-refractivity contribution is 6.05. The van der Waals surface area contributed by atoms with Gasteiger partial charge in [0, 0.05) is 22.5 Å². The number of amides is 2. The molecule has 0 bridgehead atoms. The van der Waals surface area contributed by atoms with Crippen molar-refractivity contribution < 1.29 is 23.8 Å². The van der Waals surface area contributed by atoms with E-state index in [0.29, 0.717) is 47.2 Å². The van der Waals surface area contributed by atoms with E-state index in [0.717, 1.165) is 24.3 Å². The zero-order valence-electron chi connectivity index (χ0n) is 22.1. The summed E-state index contributed by atoms with van der Waals surface area (Å²) in [7, 11) is 0. The first kappa shape index (κ1) is 27.3. The van der Waals surface area contributed by atoms with E-state index in [1.807, 2.05) is 13.8 Å². The van der Waals surface area contributed by atoms with Gasteiger partial charge in [-0.2, -0.15) is 0 Å². The monoisotopic (exact) mass is 524 g/mol. The second-order valence-corrected chi connectivity index (χ2v) is 8.80. The third-order valence-electron chi connectivity index (χ3n) is 5.64. The van der Waals surface area contributed by atoms with Crippen LogP contribution in [0.15, 0.2) is 97.1 Å². The van der Waals surface area contributed by atoms with Crippen molar-refractivity contribution in [2.75, 3.05) is 23.8 Å². The van der Waals surface area contributed by atoms with Gasteiger partial charge in [-0.25, -0.2) is 0 Å². The largest absolute Gasteiger partial charge is 0.494 e. The molecule has 0 saturated carbocycles. The highest BCUT2D eigenvalue weighted by Crippen LogP contribution is 2.25. The summed E-state index contributed by atoms with van der Waals surface area (Å²) in [6.07, 6.45) is 1.86. The Balaban J connectivity index is 1.27. The summed E-state index contributed by atoms with van der Waals surface area (Å²) in [4.78, 5) is 25.1. The summed E-state index contributed by atoms with van der Waals surface area (Å²) in [5.41, 5.74) is 2.40. The van der Waals surface area contributed by atoms with Gasteiger partial charge < -0.3 is 24.8 Å². The maximum atomic E-state index is 12.5. The second kappa shape index (κ2) is 13.7. The highest BCUT2D eigenvalue weighted by atomic mass is 16.5. The molecule has 2 N–H and O–H groups in total. The van der Waals surface area contributed by atoms with Crippen molar-refractivity contribution in [2.45, 2.75) is 26.7 Å². The van der Waals surface area contributed by atoms with Gasteiger partial charge >= 0.3 is 0 Å². The molecule has 0 aliphatic heterocycles. The van der Waals surface area contributed by atoms with E-state index in [4.69, 9.17) is 14.2 Å². The van der Waals surface area contributed by atoms with Crippen LogP contribution in [-0.2, 0) is 0 Å². The van der Waals surface area contributed by atoms with Crippen molar-refractivity contribution in [3.8, 4) is 23.0 Å². The van der Waals surface area contributed by atoms with Gasteiger partial charge in [-0.15, -0.1) is 0 Å². The van der Waals surface area contributed by atoms with Crippen LogP contribution >= 0.6 is 0 Å². The predicted molar refractivity (Wildman–Crippen MR) is 153 cm³/mol. The molecule has 0 saturated heterocycles. The molecule has 0 atom stereocenters. The van der Waals surface area contributed by atoms with E-state index in [-0.39, 0.29) is 11.8 Å². The summed E-state index contributed by atoms with van der Waals surface area (Å²) in [5, 5.41) is 5.76. The van der Waals surface area contributed by atoms with Crippen molar-refractivity contribution in [1.82, 2.24) is 0 Å². The van der Waals surface area contributed by atoms with E-state index < -0.39 is 0 Å². The first-order valence-electron chi connectivity index (χ1n) is 13.0. The minimum absolute atomic E-state index is 0.205. The van der Waals surface area contributed by atoms with Gasteiger partial charge in [-0.3, -0.25) is 9.59 Å². The first-order valence-corrected chi connectivity index (χ1v) is 13.0. The molecule has 0 aliphatic rings. The Morgan fingerprint density at radius 3 is 1.18 bits per heavy atom. The minimum Gasteiger partial charge on any atom is -0.494 e. The van der Waals surface area contributed by atoms with Crippen molar-refractivity contribution in [1.29, 1.82) is 0 Å². The Bertz CT molecular complexity index is 1240. The molecule has 0 aliphatic carbocycles. The van der Waals surface area contributed by atoms with Crippen molar-refractivity contribution in [2.24, 2.45) is 0 Å². The Kier molecular flexibility index (Phi) is 9.56. The molecule has 0 unspecified atom stereocenters. The molecule has 2 amide bonds. The lowest BCUT2D eigenvalue weighted by Crippen LogP contribution is -2.11. The van der Waals surface area contributed by atoms with E-state index in [1.54, 1.807) is 97.1 Å². The zero-order chi connectivity index (χ0) is 27.5. The molecular weight excluding hydrogens is 492 g/mol. The maximum Gasteiger partial charge on any atom is 0.255 e. The van der Waals surface area contributed by atoms with Gasteiger partial charge in [0.15, 0.2) is 0 Å². The molecule has 0 heterocycles. The molecule has 0 radical (unpaired) electrons. The Labute approximate surface area is 228 Å². The van der Waals surface area contributed by atoms with E-state index >= 15 is 0 Å². The lowest BCUT2D eigenvalue weighted by Gasteiger charge is -2.10. The van der Waals surface area contributed by atoms with Gasteiger partial charge in [0.1, 0.15) is 23.0 Å². The summed E-state index contributed by atoms with van der Waals surface area (Å²) >= 11 is 0. The van der Waals surface area contributed by atoms with Crippen LogP contribution in [0.2, 0.25) is 0 Å². The lowest BCUT2D eigenvalue weighted by molar-refractivity contribution is 0.101. The number of anilines is 2. The van der Waals surface area contributed by atoms with Crippen molar-refractivity contribution in [3.63, 3.8) is 0 Å². The lowest BCUT2D eigenvalue weighted by atomic mass is 10.2. The van der Waals surface area contributed by atoms with Crippen LogP contribution in [0.3, 0.4) is 0 Å². The molecule has 4 rings (SSSR count). The fourth-order valence-corrected chi connectivity index (χ4v) is 3.60. The number of nitrogens with one attached hydrogen (secondary N) is 2. The van der Waals surface area contributed by atoms with Crippen molar-refractivity contribution >= 4 is 23.2 Å². The number of hydrogen-bond donors (Lipinski definition) is 2. The summed E-state index contributed by atoms with van der Waals surface area (Å²) in [5.74, 6) is 2.31. The molecular formula is C32H32N2O5. The van der Waals surface area contributed by atoms with Crippen LogP contribution in [0.25, 0.3) is 0 Å². The third kappa shape index (κ3) is 8.10. The average Bonchev–Trinajstić information content (AvgIpc) is 2.97. The van der Waals surface area contributed by atoms with Crippen LogP contribution in [0.5, 0.6) is 23.0 Å². The number of carbonyl (C=O) groups is 2. The summed E-state index contributed by atoms with van der Waals surface area (Å²) < 4.78 is 17.0. The molecule has 7 heteroatoms. The smallest absolute Gasteiger partial charge is 0.255 e. The second-order valence-electron chi connectivity index (χ2n) is 8.80. The third-order valence-corrected chi connectivity index (χ3v) is 5.64. The van der Waals surface area contributed by atoms with Gasteiger partial charge in [-0.1, -0.05) is 13.8 Å². The van der Waals surface area contributed by atoms with Crippen LogP contribution in [0.4, 0.5) is 11.4 Å². The molecule has 200 valence electrons. The topological polar surface area (TPSA) is 85.9 Å².